The second-order valence-corrected chi connectivity index (χ2v) is 7.21. The van der Waals surface area contributed by atoms with E-state index in [9.17, 15) is 18.3 Å². The van der Waals surface area contributed by atoms with E-state index in [2.05, 4.69) is 0 Å². The van der Waals surface area contributed by atoms with Crippen LogP contribution in [0.2, 0.25) is 0 Å². The number of carbonyl (C=O) groups is 1. The molecule has 1 aromatic rings. The van der Waals surface area contributed by atoms with Crippen molar-refractivity contribution < 1.29 is 22.7 Å². The molecule has 0 radical (unpaired) electrons. The van der Waals surface area contributed by atoms with E-state index >= 15 is 0 Å². The van der Waals surface area contributed by atoms with Crippen LogP contribution in [0.3, 0.4) is 0 Å². The van der Waals surface area contributed by atoms with Gasteiger partial charge < -0.3 is 9.52 Å². The number of carboxylic acids is 1. The highest BCUT2D eigenvalue weighted by Gasteiger charge is 2.38. The Labute approximate surface area is 124 Å². The molecular formula is C13H20N2O5S. The molecule has 2 rings (SSSR count). The highest BCUT2D eigenvalue weighted by Crippen LogP contribution is 2.23. The van der Waals surface area contributed by atoms with Crippen LogP contribution < -0.4 is 0 Å². The average Bonchev–Trinajstić information content (AvgIpc) is 2.84. The first-order valence-corrected chi connectivity index (χ1v) is 8.22. The van der Waals surface area contributed by atoms with Crippen molar-refractivity contribution in [3.05, 3.63) is 23.7 Å². The number of nitrogens with zero attached hydrogens (tertiary/aromatic N) is 2. The third-order valence-electron chi connectivity index (χ3n) is 3.79. The van der Waals surface area contributed by atoms with Crippen molar-refractivity contribution >= 4 is 16.2 Å². The molecule has 21 heavy (non-hydrogen) atoms. The summed E-state index contributed by atoms with van der Waals surface area (Å²) in [5.74, 6) is -0.434. The first kappa shape index (κ1) is 16.0. The predicted molar refractivity (Wildman–Crippen MR) is 75.8 cm³/mol. The molecule has 1 aromatic heterocycles. The Morgan fingerprint density at radius 3 is 2.81 bits per heavy atom. The summed E-state index contributed by atoms with van der Waals surface area (Å²) in [6.07, 6.45) is 3.27. The van der Waals surface area contributed by atoms with Crippen molar-refractivity contribution in [3.63, 3.8) is 0 Å². The molecule has 0 bridgehead atoms. The Hall–Kier alpha value is -1.38. The lowest BCUT2D eigenvalue weighted by Crippen LogP contribution is -2.52. The topological polar surface area (TPSA) is 91.1 Å². The van der Waals surface area contributed by atoms with Gasteiger partial charge in [-0.1, -0.05) is 0 Å². The molecule has 0 aliphatic carbocycles. The van der Waals surface area contributed by atoms with E-state index in [0.717, 1.165) is 16.3 Å². The minimum atomic E-state index is -3.80. The van der Waals surface area contributed by atoms with Gasteiger partial charge in [0.05, 0.1) is 6.26 Å². The van der Waals surface area contributed by atoms with Crippen LogP contribution in [-0.4, -0.2) is 47.7 Å². The maximum Gasteiger partial charge on any atom is 0.322 e. The van der Waals surface area contributed by atoms with E-state index in [0.29, 0.717) is 18.6 Å². The number of aryl methyl sites for hydroxylation is 1. The first-order valence-electron chi connectivity index (χ1n) is 6.83. The Bertz CT molecular complexity index is 610. The van der Waals surface area contributed by atoms with Gasteiger partial charge in [0.15, 0.2) is 0 Å². The van der Waals surface area contributed by atoms with Crippen LogP contribution in [0.1, 0.15) is 30.6 Å². The maximum absolute atomic E-state index is 12.6. The molecule has 118 valence electrons. The highest BCUT2D eigenvalue weighted by atomic mass is 32.2. The van der Waals surface area contributed by atoms with Crippen molar-refractivity contribution in [2.75, 3.05) is 13.6 Å². The fourth-order valence-electron chi connectivity index (χ4n) is 2.50. The molecule has 2 heterocycles. The summed E-state index contributed by atoms with van der Waals surface area (Å²) in [5.41, 5.74) is 0.768. The molecule has 0 saturated carbocycles. The molecule has 0 amide bonds. The Balaban J connectivity index is 2.19. The van der Waals surface area contributed by atoms with Gasteiger partial charge in [-0.15, -0.1) is 0 Å². The van der Waals surface area contributed by atoms with Crippen molar-refractivity contribution in [1.82, 2.24) is 8.61 Å². The molecule has 1 N–H and O–H groups in total. The largest absolute Gasteiger partial charge is 0.480 e. The van der Waals surface area contributed by atoms with Crippen molar-refractivity contribution in [3.8, 4) is 0 Å². The van der Waals surface area contributed by atoms with Gasteiger partial charge >= 0.3 is 5.97 Å². The summed E-state index contributed by atoms with van der Waals surface area (Å²) in [6, 6.07) is 0.739. The van der Waals surface area contributed by atoms with Crippen molar-refractivity contribution in [2.45, 2.75) is 38.8 Å². The molecule has 0 aromatic carbocycles. The lowest BCUT2D eigenvalue weighted by molar-refractivity contribution is -0.142. The van der Waals surface area contributed by atoms with Gasteiger partial charge in [-0.2, -0.15) is 17.0 Å². The van der Waals surface area contributed by atoms with E-state index in [1.54, 1.807) is 13.0 Å². The molecule has 1 unspecified atom stereocenters. The summed E-state index contributed by atoms with van der Waals surface area (Å²) in [6.45, 7) is 2.16. The molecule has 1 aliphatic rings. The number of furan rings is 1. The Morgan fingerprint density at radius 1 is 1.52 bits per heavy atom. The quantitative estimate of drug-likeness (QED) is 0.881. The summed E-state index contributed by atoms with van der Waals surface area (Å²) < 4.78 is 32.6. The van der Waals surface area contributed by atoms with Crippen LogP contribution >= 0.6 is 0 Å². The van der Waals surface area contributed by atoms with E-state index in [1.807, 2.05) is 0 Å². The second kappa shape index (κ2) is 6.17. The van der Waals surface area contributed by atoms with Crippen LogP contribution in [0, 0.1) is 6.92 Å². The van der Waals surface area contributed by atoms with Gasteiger partial charge in [-0.05, 0) is 32.3 Å². The first-order chi connectivity index (χ1) is 9.84. The summed E-state index contributed by atoms with van der Waals surface area (Å²) in [7, 11) is -2.35. The van der Waals surface area contributed by atoms with E-state index in [-0.39, 0.29) is 13.1 Å². The number of hydrogen-bond acceptors (Lipinski definition) is 4. The minimum Gasteiger partial charge on any atom is -0.480 e. The van der Waals surface area contributed by atoms with Crippen molar-refractivity contribution in [2.24, 2.45) is 0 Å². The summed E-state index contributed by atoms with van der Waals surface area (Å²) in [4.78, 5) is 11.3. The number of hydrogen-bond donors (Lipinski definition) is 1. The van der Waals surface area contributed by atoms with Gasteiger partial charge in [-0.3, -0.25) is 4.79 Å². The number of piperidine rings is 1. The summed E-state index contributed by atoms with van der Waals surface area (Å²) >= 11 is 0. The fourth-order valence-corrected chi connectivity index (χ4v) is 4.04. The number of rotatable bonds is 5. The molecule has 1 fully saturated rings. The molecule has 0 spiro atoms. The molecule has 1 saturated heterocycles. The van der Waals surface area contributed by atoms with E-state index in [1.165, 1.54) is 17.6 Å². The second-order valence-electron chi connectivity index (χ2n) is 5.23. The fraction of sp³-hybridized carbons (Fsp3) is 0.615. The van der Waals surface area contributed by atoms with Gasteiger partial charge in [0.1, 0.15) is 11.8 Å². The monoisotopic (exact) mass is 316 g/mol. The lowest BCUT2D eigenvalue weighted by atomic mass is 10.1. The molecule has 1 atom stereocenters. The van der Waals surface area contributed by atoms with Gasteiger partial charge in [0, 0.05) is 25.7 Å². The zero-order valence-electron chi connectivity index (χ0n) is 12.2. The zero-order valence-corrected chi connectivity index (χ0v) is 13.0. The van der Waals surface area contributed by atoms with E-state index < -0.39 is 22.2 Å². The van der Waals surface area contributed by atoms with Gasteiger partial charge in [-0.25, -0.2) is 0 Å². The van der Waals surface area contributed by atoms with Crippen LogP contribution in [0.25, 0.3) is 0 Å². The highest BCUT2D eigenvalue weighted by molar-refractivity contribution is 7.86. The lowest BCUT2D eigenvalue weighted by Gasteiger charge is -2.34. The van der Waals surface area contributed by atoms with Crippen LogP contribution in [0.15, 0.2) is 16.7 Å². The zero-order chi connectivity index (χ0) is 15.6. The van der Waals surface area contributed by atoms with Gasteiger partial charge in [0.25, 0.3) is 10.2 Å². The Morgan fingerprint density at radius 2 is 2.24 bits per heavy atom. The average molecular weight is 316 g/mol. The smallest absolute Gasteiger partial charge is 0.322 e. The van der Waals surface area contributed by atoms with Crippen LogP contribution in [0.4, 0.5) is 0 Å². The maximum atomic E-state index is 12.6. The van der Waals surface area contributed by atoms with Crippen molar-refractivity contribution in [1.29, 1.82) is 0 Å². The normalized spacial score (nSPS) is 20.8. The van der Waals surface area contributed by atoms with E-state index in [4.69, 9.17) is 4.42 Å². The van der Waals surface area contributed by atoms with Crippen LogP contribution in [-0.2, 0) is 21.5 Å². The molecular weight excluding hydrogens is 296 g/mol. The minimum absolute atomic E-state index is 0.160. The SMILES string of the molecule is Cc1occc1CN(C)S(=O)(=O)N1CCCCC1C(=O)O. The third-order valence-corrected chi connectivity index (χ3v) is 5.73. The third kappa shape index (κ3) is 3.28. The molecule has 7 nitrogen and oxygen atoms in total. The Kier molecular flexibility index (Phi) is 4.70. The number of aliphatic carboxylic acids is 1. The summed E-state index contributed by atoms with van der Waals surface area (Å²) in [5, 5.41) is 9.21. The van der Waals surface area contributed by atoms with Crippen LogP contribution in [0.5, 0.6) is 0 Å². The number of carboxylic acid groups (broad SMARTS) is 1. The standard InChI is InChI=1S/C13H20N2O5S/c1-10-11(6-8-20-10)9-14(2)21(18,19)15-7-4-3-5-12(15)13(16)17/h6,8,12H,3-5,7,9H2,1-2H3,(H,16,17). The molecule has 8 heteroatoms. The molecule has 1 aliphatic heterocycles. The predicted octanol–water partition coefficient (Wildman–Crippen LogP) is 1.20. The van der Waals surface area contributed by atoms with Gasteiger partial charge in [0.2, 0.25) is 0 Å².